The van der Waals surface area contributed by atoms with Gasteiger partial charge in [0.2, 0.25) is 0 Å². The Labute approximate surface area is 108 Å². The zero-order valence-electron chi connectivity index (χ0n) is 9.71. The van der Waals surface area contributed by atoms with Crippen molar-refractivity contribution in [2.45, 2.75) is 13.5 Å². The Kier molecular flexibility index (Phi) is 3.47. The highest BCUT2D eigenvalue weighted by molar-refractivity contribution is 7.09. The molecule has 6 heteroatoms. The zero-order chi connectivity index (χ0) is 13.1. The van der Waals surface area contributed by atoms with Crippen molar-refractivity contribution in [1.29, 1.82) is 0 Å². The van der Waals surface area contributed by atoms with Gasteiger partial charge in [-0.1, -0.05) is 0 Å². The zero-order valence-corrected chi connectivity index (χ0v) is 10.5. The Morgan fingerprint density at radius 1 is 1.56 bits per heavy atom. The Morgan fingerprint density at radius 2 is 2.33 bits per heavy atom. The van der Waals surface area contributed by atoms with Crippen LogP contribution in [0, 0.1) is 6.92 Å². The summed E-state index contributed by atoms with van der Waals surface area (Å²) in [5.41, 5.74) is 6.78. The Balaban J connectivity index is 2.16. The molecular formula is C12H12N2O3S. The molecule has 3 N–H and O–H groups in total. The van der Waals surface area contributed by atoms with E-state index in [-0.39, 0.29) is 12.2 Å². The molecule has 2 aromatic rings. The molecule has 1 aromatic carbocycles. The van der Waals surface area contributed by atoms with E-state index in [0.29, 0.717) is 11.4 Å². The first-order valence-corrected chi connectivity index (χ1v) is 6.11. The van der Waals surface area contributed by atoms with Crippen molar-refractivity contribution < 1.29 is 14.6 Å². The maximum Gasteiger partial charge on any atom is 0.339 e. The normalized spacial score (nSPS) is 10.3. The third-order valence-electron chi connectivity index (χ3n) is 2.28. The number of aryl methyl sites for hydroxylation is 1. The summed E-state index contributed by atoms with van der Waals surface area (Å²) in [6.07, 6.45) is 0. The number of thiazole rings is 1. The van der Waals surface area contributed by atoms with Gasteiger partial charge in [0.1, 0.15) is 17.9 Å². The van der Waals surface area contributed by atoms with E-state index in [1.807, 2.05) is 12.3 Å². The minimum atomic E-state index is -1.06. The summed E-state index contributed by atoms with van der Waals surface area (Å²) >= 11 is 1.53. The molecule has 1 aromatic heterocycles. The van der Waals surface area contributed by atoms with Crippen LogP contribution in [0.1, 0.15) is 21.1 Å². The van der Waals surface area contributed by atoms with Crippen molar-refractivity contribution in [1.82, 2.24) is 4.98 Å². The first-order valence-electron chi connectivity index (χ1n) is 5.23. The number of carboxylic acid groups (broad SMARTS) is 1. The lowest BCUT2D eigenvalue weighted by Crippen LogP contribution is -2.04. The molecular weight excluding hydrogens is 252 g/mol. The molecule has 0 saturated carbocycles. The minimum absolute atomic E-state index is 0.0574. The molecule has 0 fully saturated rings. The summed E-state index contributed by atoms with van der Waals surface area (Å²) in [4.78, 5) is 15.3. The van der Waals surface area contributed by atoms with Crippen molar-refractivity contribution in [3.63, 3.8) is 0 Å². The van der Waals surface area contributed by atoms with Crippen LogP contribution in [0.3, 0.4) is 0 Å². The average Bonchev–Trinajstić information content (AvgIpc) is 2.73. The van der Waals surface area contributed by atoms with Gasteiger partial charge in [0.15, 0.2) is 0 Å². The number of nitrogens with two attached hydrogens (primary N) is 1. The molecule has 0 aliphatic heterocycles. The predicted molar refractivity (Wildman–Crippen MR) is 69.0 cm³/mol. The SMILES string of the molecule is Cc1nc(COc2ccc(N)cc2C(=O)O)cs1. The number of carboxylic acids is 1. The number of carbonyl (C=O) groups is 1. The molecule has 2 rings (SSSR count). The standard InChI is InChI=1S/C12H12N2O3S/c1-7-14-9(6-18-7)5-17-11-3-2-8(13)4-10(11)12(15)16/h2-4,6H,5,13H2,1H3,(H,15,16). The summed E-state index contributed by atoms with van der Waals surface area (Å²) < 4.78 is 5.46. The van der Waals surface area contributed by atoms with E-state index in [9.17, 15) is 4.79 Å². The number of hydrogen-bond acceptors (Lipinski definition) is 5. The van der Waals surface area contributed by atoms with Crippen LogP contribution in [-0.4, -0.2) is 16.1 Å². The molecule has 5 nitrogen and oxygen atoms in total. The van der Waals surface area contributed by atoms with Gasteiger partial charge in [-0.3, -0.25) is 0 Å². The second kappa shape index (κ2) is 5.05. The number of aromatic nitrogens is 1. The van der Waals surface area contributed by atoms with Gasteiger partial charge in [-0.2, -0.15) is 0 Å². The van der Waals surface area contributed by atoms with Crippen LogP contribution in [0.4, 0.5) is 5.69 Å². The number of anilines is 1. The van der Waals surface area contributed by atoms with E-state index in [1.165, 1.54) is 17.4 Å². The quantitative estimate of drug-likeness (QED) is 0.828. The lowest BCUT2D eigenvalue weighted by Gasteiger charge is -2.08. The van der Waals surface area contributed by atoms with Crippen LogP contribution in [0.15, 0.2) is 23.6 Å². The minimum Gasteiger partial charge on any atom is -0.486 e. The molecule has 0 aliphatic carbocycles. The second-order valence-electron chi connectivity index (χ2n) is 3.71. The van der Waals surface area contributed by atoms with Crippen LogP contribution in [-0.2, 0) is 6.61 Å². The van der Waals surface area contributed by atoms with Gasteiger partial charge in [-0.25, -0.2) is 9.78 Å². The van der Waals surface area contributed by atoms with Crippen LogP contribution >= 0.6 is 11.3 Å². The fraction of sp³-hybridized carbons (Fsp3) is 0.167. The van der Waals surface area contributed by atoms with Gasteiger partial charge < -0.3 is 15.6 Å². The number of nitrogens with zero attached hydrogens (tertiary/aromatic N) is 1. The van der Waals surface area contributed by atoms with Crippen molar-refractivity contribution in [3.8, 4) is 5.75 Å². The van der Waals surface area contributed by atoms with Crippen LogP contribution in [0.25, 0.3) is 0 Å². The summed E-state index contributed by atoms with van der Waals surface area (Å²) in [6, 6.07) is 4.54. The average molecular weight is 264 g/mol. The van der Waals surface area contributed by atoms with Crippen molar-refractivity contribution >= 4 is 23.0 Å². The predicted octanol–water partition coefficient (Wildman–Crippen LogP) is 2.31. The lowest BCUT2D eigenvalue weighted by atomic mass is 10.2. The van der Waals surface area contributed by atoms with E-state index >= 15 is 0 Å². The fourth-order valence-corrected chi connectivity index (χ4v) is 2.06. The summed E-state index contributed by atoms with van der Waals surface area (Å²) in [5.74, 6) is -0.769. The summed E-state index contributed by atoms with van der Waals surface area (Å²) in [6.45, 7) is 2.15. The van der Waals surface area contributed by atoms with E-state index < -0.39 is 5.97 Å². The molecule has 0 spiro atoms. The highest BCUT2D eigenvalue weighted by atomic mass is 32.1. The Bertz CT molecular complexity index is 580. The van der Waals surface area contributed by atoms with E-state index in [4.69, 9.17) is 15.6 Å². The first-order chi connectivity index (χ1) is 8.56. The van der Waals surface area contributed by atoms with Gasteiger partial charge in [0.05, 0.1) is 10.7 Å². The smallest absolute Gasteiger partial charge is 0.339 e. The van der Waals surface area contributed by atoms with Crippen LogP contribution < -0.4 is 10.5 Å². The summed E-state index contributed by atoms with van der Waals surface area (Å²) in [7, 11) is 0. The van der Waals surface area contributed by atoms with Gasteiger partial charge in [-0.15, -0.1) is 11.3 Å². The molecule has 94 valence electrons. The fourth-order valence-electron chi connectivity index (χ4n) is 1.47. The largest absolute Gasteiger partial charge is 0.486 e. The molecule has 0 atom stereocenters. The first kappa shape index (κ1) is 12.4. The number of ether oxygens (including phenoxy) is 1. The maximum atomic E-state index is 11.0. The maximum absolute atomic E-state index is 11.0. The molecule has 1 heterocycles. The van der Waals surface area contributed by atoms with Crippen LogP contribution in [0.5, 0.6) is 5.75 Å². The highest BCUT2D eigenvalue weighted by Gasteiger charge is 2.12. The topological polar surface area (TPSA) is 85.4 Å². The number of benzene rings is 1. The van der Waals surface area contributed by atoms with Crippen molar-refractivity contribution in [2.75, 3.05) is 5.73 Å². The molecule has 0 saturated heterocycles. The number of hydrogen-bond donors (Lipinski definition) is 2. The van der Waals surface area contributed by atoms with Gasteiger partial charge >= 0.3 is 5.97 Å². The van der Waals surface area contributed by atoms with Crippen LogP contribution in [0.2, 0.25) is 0 Å². The Hall–Kier alpha value is -2.08. The van der Waals surface area contributed by atoms with Crippen molar-refractivity contribution in [3.05, 3.63) is 39.8 Å². The van der Waals surface area contributed by atoms with Gasteiger partial charge in [0.25, 0.3) is 0 Å². The highest BCUT2D eigenvalue weighted by Crippen LogP contribution is 2.22. The van der Waals surface area contributed by atoms with E-state index in [1.54, 1.807) is 12.1 Å². The van der Waals surface area contributed by atoms with E-state index in [2.05, 4.69) is 4.98 Å². The summed E-state index contributed by atoms with van der Waals surface area (Å²) in [5, 5.41) is 11.9. The molecule has 0 aliphatic rings. The molecule has 18 heavy (non-hydrogen) atoms. The number of rotatable bonds is 4. The van der Waals surface area contributed by atoms with E-state index in [0.717, 1.165) is 10.7 Å². The third kappa shape index (κ3) is 2.78. The second-order valence-corrected chi connectivity index (χ2v) is 4.77. The molecule has 0 amide bonds. The Morgan fingerprint density at radius 3 is 2.94 bits per heavy atom. The van der Waals surface area contributed by atoms with Crippen molar-refractivity contribution in [2.24, 2.45) is 0 Å². The monoisotopic (exact) mass is 264 g/mol. The third-order valence-corrected chi connectivity index (χ3v) is 3.10. The van der Waals surface area contributed by atoms with Gasteiger partial charge in [0, 0.05) is 11.1 Å². The number of nitrogen functional groups attached to an aromatic ring is 1. The number of aromatic carboxylic acids is 1. The lowest BCUT2D eigenvalue weighted by molar-refractivity contribution is 0.0691. The molecule has 0 unspecified atom stereocenters. The molecule has 0 bridgehead atoms. The molecule has 0 radical (unpaired) electrons. The van der Waals surface area contributed by atoms with Gasteiger partial charge in [-0.05, 0) is 25.1 Å².